The van der Waals surface area contributed by atoms with Gasteiger partial charge in [-0.3, -0.25) is 0 Å². The van der Waals surface area contributed by atoms with Crippen LogP contribution in [0.5, 0.6) is 0 Å². The Kier molecular flexibility index (Phi) is 7.53. The normalized spacial score (nSPS) is 14.6. The van der Waals surface area contributed by atoms with Crippen LogP contribution in [-0.2, 0) is 10.8 Å². The van der Waals surface area contributed by atoms with Crippen LogP contribution in [0.1, 0.15) is 49.9 Å². The van der Waals surface area contributed by atoms with Gasteiger partial charge in [0.05, 0.1) is 11.0 Å². The topological polar surface area (TPSA) is 8.17 Å². The van der Waals surface area contributed by atoms with Crippen molar-refractivity contribution in [2.75, 3.05) is 4.90 Å². The minimum Gasteiger partial charge on any atom is -0.311 e. The lowest BCUT2D eigenvalue weighted by molar-refractivity contribution is 0.660. The van der Waals surface area contributed by atoms with E-state index in [4.69, 9.17) is 0 Å². The van der Waals surface area contributed by atoms with Crippen molar-refractivity contribution in [1.82, 2.24) is 4.57 Å². The molecule has 0 bridgehead atoms. The maximum atomic E-state index is 4.23. The van der Waals surface area contributed by atoms with Gasteiger partial charge in [-0.05, 0) is 122 Å². The van der Waals surface area contributed by atoms with E-state index >= 15 is 0 Å². The fraction of sp³-hybridized carbons (Fsp3) is 0.111. The van der Waals surface area contributed by atoms with Gasteiger partial charge in [0.1, 0.15) is 0 Å². The molecule has 1 aromatic heterocycles. The summed E-state index contributed by atoms with van der Waals surface area (Å²) in [5, 5.41) is 2.55. The number of aromatic nitrogens is 1. The summed E-state index contributed by atoms with van der Waals surface area (Å²) in [5.41, 5.74) is 19.6. The summed E-state index contributed by atoms with van der Waals surface area (Å²) >= 11 is 0. The second-order valence-electron chi connectivity index (χ2n) is 16.3. The van der Waals surface area contributed by atoms with Crippen molar-refractivity contribution in [3.05, 3.63) is 211 Å². The molecule has 0 saturated carbocycles. The van der Waals surface area contributed by atoms with Gasteiger partial charge in [-0.2, -0.15) is 0 Å². The molecule has 56 heavy (non-hydrogen) atoms. The van der Waals surface area contributed by atoms with E-state index in [1.54, 1.807) is 0 Å². The molecule has 2 aliphatic carbocycles. The minimum atomic E-state index is -0.220. The molecular weight excluding hydrogens is 677 g/mol. The van der Waals surface area contributed by atoms with Gasteiger partial charge in [-0.25, -0.2) is 0 Å². The molecule has 0 aliphatic heterocycles. The molecule has 0 radical (unpaired) electrons. The predicted molar refractivity (Wildman–Crippen MR) is 238 cm³/mol. The van der Waals surface area contributed by atoms with E-state index in [9.17, 15) is 0 Å². The Morgan fingerprint density at radius 1 is 0.500 bits per heavy atom. The van der Waals surface area contributed by atoms with Crippen molar-refractivity contribution in [2.45, 2.75) is 38.5 Å². The van der Waals surface area contributed by atoms with Crippen molar-refractivity contribution in [3.8, 4) is 39.1 Å². The average Bonchev–Trinajstić information content (AvgIpc) is 3.77. The maximum absolute atomic E-state index is 4.23. The Morgan fingerprint density at radius 2 is 1.02 bits per heavy atom. The summed E-state index contributed by atoms with van der Waals surface area (Å²) in [6.07, 6.45) is 5.79. The number of rotatable bonds is 7. The van der Waals surface area contributed by atoms with Gasteiger partial charge in [0, 0.05) is 44.4 Å². The van der Waals surface area contributed by atoms with Gasteiger partial charge in [0.2, 0.25) is 0 Å². The second kappa shape index (κ2) is 12.4. The maximum Gasteiger partial charge on any atom is 0.0541 e. The number of benzene rings is 7. The highest BCUT2D eigenvalue weighted by Gasteiger charge is 2.37. The Balaban J connectivity index is 1.03. The van der Waals surface area contributed by atoms with Gasteiger partial charge in [0.25, 0.3) is 0 Å². The van der Waals surface area contributed by atoms with Crippen molar-refractivity contribution in [3.63, 3.8) is 0 Å². The van der Waals surface area contributed by atoms with Crippen LogP contribution in [0.2, 0.25) is 0 Å². The average molecular weight is 721 g/mol. The third-order valence-corrected chi connectivity index (χ3v) is 12.5. The summed E-state index contributed by atoms with van der Waals surface area (Å²) in [5.74, 6) is 0. The molecule has 10 rings (SSSR count). The largest absolute Gasteiger partial charge is 0.311 e. The monoisotopic (exact) mass is 720 g/mol. The highest BCUT2D eigenvalue weighted by Crippen LogP contribution is 2.52. The first-order chi connectivity index (χ1) is 27.2. The summed E-state index contributed by atoms with van der Waals surface area (Å²) in [6, 6.07) is 56.2. The molecule has 2 nitrogen and oxygen atoms in total. The molecule has 2 heteroatoms. The first kappa shape index (κ1) is 33.9. The third-order valence-electron chi connectivity index (χ3n) is 12.5. The van der Waals surface area contributed by atoms with Gasteiger partial charge < -0.3 is 9.47 Å². The Labute approximate surface area is 330 Å². The molecule has 0 atom stereocenters. The highest BCUT2D eigenvalue weighted by molar-refractivity contribution is 6.09. The van der Waals surface area contributed by atoms with Crippen LogP contribution in [0.4, 0.5) is 11.4 Å². The fourth-order valence-electron chi connectivity index (χ4n) is 9.68. The molecule has 1 heterocycles. The summed E-state index contributed by atoms with van der Waals surface area (Å²) < 4.78 is 2.42. The van der Waals surface area contributed by atoms with E-state index in [0.29, 0.717) is 0 Å². The standard InChI is InChI=1S/C54H44N2/c1-7-15-37(8-2)55(38-25-22-35(23-26-38)36-24-29-42-41-16-9-12-19-47(41)53(3,4)48(42)32-36)39-27-30-43-44-31-28-40(34-50(44)54(5,6)49(43)33-39)56-51-20-13-10-17-45(51)46-18-11-14-21-52(46)56/h7-34H,1-2H2,3-6H3/b37-15+. The molecule has 0 unspecified atom stereocenters. The molecule has 7 aromatic carbocycles. The molecule has 270 valence electrons. The number of nitrogens with zero attached hydrogens (tertiary/aromatic N) is 2. The van der Waals surface area contributed by atoms with E-state index in [0.717, 1.165) is 17.1 Å². The molecule has 8 aromatic rings. The van der Waals surface area contributed by atoms with E-state index in [2.05, 4.69) is 202 Å². The zero-order chi connectivity index (χ0) is 38.3. The van der Waals surface area contributed by atoms with Crippen molar-refractivity contribution in [2.24, 2.45) is 0 Å². The van der Waals surface area contributed by atoms with Gasteiger partial charge >= 0.3 is 0 Å². The van der Waals surface area contributed by atoms with Crippen LogP contribution >= 0.6 is 0 Å². The van der Waals surface area contributed by atoms with E-state index < -0.39 is 0 Å². The lowest BCUT2D eigenvalue weighted by Gasteiger charge is -2.29. The molecule has 0 saturated heterocycles. The quantitative estimate of drug-likeness (QED) is 0.149. The van der Waals surface area contributed by atoms with Crippen LogP contribution in [0.15, 0.2) is 189 Å². The zero-order valence-electron chi connectivity index (χ0n) is 32.5. The number of fused-ring (bicyclic) bond motifs is 9. The lowest BCUT2D eigenvalue weighted by Crippen LogP contribution is -2.18. The van der Waals surface area contributed by atoms with E-state index in [1.165, 1.54) is 83.1 Å². The Bertz CT molecular complexity index is 2890. The number of anilines is 2. The number of hydrogen-bond donors (Lipinski definition) is 0. The van der Waals surface area contributed by atoms with Crippen LogP contribution in [0.25, 0.3) is 60.9 Å². The van der Waals surface area contributed by atoms with Gasteiger partial charge in [-0.1, -0.05) is 144 Å². The first-order valence-corrected chi connectivity index (χ1v) is 19.6. The Morgan fingerprint density at radius 3 is 1.70 bits per heavy atom. The predicted octanol–water partition coefficient (Wildman–Crippen LogP) is 14.5. The molecule has 0 fully saturated rings. The van der Waals surface area contributed by atoms with Gasteiger partial charge in [0.15, 0.2) is 0 Å². The van der Waals surface area contributed by atoms with Crippen molar-refractivity contribution < 1.29 is 0 Å². The number of allylic oxidation sites excluding steroid dienone is 3. The third kappa shape index (κ3) is 4.88. The second-order valence-corrected chi connectivity index (χ2v) is 16.3. The molecule has 2 aliphatic rings. The Hall–Kier alpha value is -6.64. The molecular formula is C54H44N2. The first-order valence-electron chi connectivity index (χ1n) is 19.6. The highest BCUT2D eigenvalue weighted by atomic mass is 15.1. The summed E-state index contributed by atoms with van der Waals surface area (Å²) in [6.45, 7) is 17.7. The van der Waals surface area contributed by atoms with Crippen LogP contribution in [-0.4, -0.2) is 4.57 Å². The summed E-state index contributed by atoms with van der Waals surface area (Å²) in [7, 11) is 0. The number of para-hydroxylation sites is 2. The zero-order valence-corrected chi connectivity index (χ0v) is 32.5. The number of hydrogen-bond acceptors (Lipinski definition) is 1. The SMILES string of the molecule is C=C/C=C(\C=C)N(c1ccc(-c2ccc3c(c2)C(C)(C)c2ccccc2-3)cc1)c1ccc2c(c1)C(C)(C)c1cc(-n3c4ccccc4c4ccccc43)ccc1-2. The van der Waals surface area contributed by atoms with E-state index in [1.807, 2.05) is 18.2 Å². The van der Waals surface area contributed by atoms with Crippen LogP contribution in [0, 0.1) is 0 Å². The van der Waals surface area contributed by atoms with Gasteiger partial charge in [-0.15, -0.1) is 0 Å². The minimum absolute atomic E-state index is 0.0410. The van der Waals surface area contributed by atoms with Crippen LogP contribution < -0.4 is 4.90 Å². The molecule has 0 N–H and O–H groups in total. The van der Waals surface area contributed by atoms with E-state index in [-0.39, 0.29) is 10.8 Å². The van der Waals surface area contributed by atoms with Crippen molar-refractivity contribution >= 4 is 33.2 Å². The van der Waals surface area contributed by atoms with Crippen LogP contribution in [0.3, 0.4) is 0 Å². The molecule has 0 spiro atoms. The van der Waals surface area contributed by atoms with Crippen molar-refractivity contribution in [1.29, 1.82) is 0 Å². The lowest BCUT2D eigenvalue weighted by atomic mass is 9.81. The molecule has 0 amide bonds. The fourth-order valence-corrected chi connectivity index (χ4v) is 9.68. The summed E-state index contributed by atoms with van der Waals surface area (Å²) in [4.78, 5) is 2.30. The smallest absolute Gasteiger partial charge is 0.0541 e.